The molecule has 0 radical (unpaired) electrons. The van der Waals surface area contributed by atoms with Crippen molar-refractivity contribution in [2.24, 2.45) is 11.8 Å². The maximum atomic E-state index is 14.6. The van der Waals surface area contributed by atoms with E-state index in [1.165, 1.54) is 0 Å². The molecule has 0 aromatic heterocycles. The van der Waals surface area contributed by atoms with E-state index in [1.807, 2.05) is 72.8 Å². The Kier molecular flexibility index (Phi) is 7.68. The Hall–Kier alpha value is -3.88. The predicted octanol–water partition coefficient (Wildman–Crippen LogP) is 4.66. The maximum absolute atomic E-state index is 14.6. The number of likely N-dealkylation sites (tertiary alicyclic amines) is 1. The van der Waals surface area contributed by atoms with Crippen LogP contribution in [0.25, 0.3) is 10.8 Å². The molecule has 3 amide bonds. The van der Waals surface area contributed by atoms with Gasteiger partial charge in [0.25, 0.3) is 5.91 Å². The monoisotopic (exact) mass is 581 g/mol. The van der Waals surface area contributed by atoms with Crippen LogP contribution in [0.3, 0.4) is 0 Å². The van der Waals surface area contributed by atoms with Gasteiger partial charge >= 0.3 is 0 Å². The van der Waals surface area contributed by atoms with Crippen molar-refractivity contribution in [3.63, 3.8) is 0 Å². The van der Waals surface area contributed by atoms with Crippen molar-refractivity contribution in [3.05, 3.63) is 98.1 Å². The quantitative estimate of drug-likeness (QED) is 0.352. The van der Waals surface area contributed by atoms with Crippen LogP contribution in [-0.2, 0) is 14.4 Å². The molecule has 3 aromatic carbocycles. The molecular weight excluding hydrogens is 546 g/mol. The van der Waals surface area contributed by atoms with Gasteiger partial charge in [0.15, 0.2) is 0 Å². The third-order valence-corrected chi connectivity index (χ3v) is 10.9. The van der Waals surface area contributed by atoms with E-state index < -0.39 is 22.6 Å². The first-order chi connectivity index (χ1) is 20.4. The van der Waals surface area contributed by atoms with Gasteiger partial charge < -0.3 is 19.8 Å². The zero-order valence-corrected chi connectivity index (χ0v) is 24.3. The van der Waals surface area contributed by atoms with E-state index in [2.05, 4.69) is 13.2 Å². The number of amides is 3. The summed E-state index contributed by atoms with van der Waals surface area (Å²) in [5.41, 5.74) is 1.48. The number of nitrogens with zero attached hydrogens (tertiary/aromatic N) is 3. The summed E-state index contributed by atoms with van der Waals surface area (Å²) in [4.78, 5) is 48.1. The first-order valence-electron chi connectivity index (χ1n) is 14.4. The van der Waals surface area contributed by atoms with Crippen LogP contribution in [0.15, 0.2) is 98.1 Å². The van der Waals surface area contributed by atoms with Crippen molar-refractivity contribution >= 4 is 51.6 Å². The number of fused-ring (bicyclic) bond motifs is 2. The molecule has 2 bridgehead atoms. The first kappa shape index (κ1) is 28.2. The topological polar surface area (TPSA) is 81.2 Å². The molecule has 5 atom stereocenters. The Balaban J connectivity index is 1.39. The third kappa shape index (κ3) is 4.44. The molecule has 3 aromatic rings. The van der Waals surface area contributed by atoms with E-state index in [9.17, 15) is 19.5 Å². The van der Waals surface area contributed by atoms with Gasteiger partial charge in [0.2, 0.25) is 11.8 Å². The van der Waals surface area contributed by atoms with Gasteiger partial charge in [0.05, 0.1) is 23.2 Å². The largest absolute Gasteiger partial charge is 0.395 e. The lowest BCUT2D eigenvalue weighted by molar-refractivity contribution is -0.139. The predicted molar refractivity (Wildman–Crippen MR) is 168 cm³/mol. The minimum absolute atomic E-state index is 0.0360. The fourth-order valence-corrected chi connectivity index (χ4v) is 9.45. The molecule has 3 saturated heterocycles. The van der Waals surface area contributed by atoms with Crippen LogP contribution < -0.4 is 9.80 Å². The summed E-state index contributed by atoms with van der Waals surface area (Å²) in [5, 5.41) is 12.0. The molecule has 3 heterocycles. The average Bonchev–Trinajstić information content (AvgIpc) is 3.66. The Bertz CT molecular complexity index is 1540. The highest BCUT2D eigenvalue weighted by Crippen LogP contribution is 2.66. The third-order valence-electron chi connectivity index (χ3n) is 8.93. The van der Waals surface area contributed by atoms with E-state index in [4.69, 9.17) is 0 Å². The minimum atomic E-state index is -0.800. The number of para-hydroxylation sites is 1. The van der Waals surface area contributed by atoms with Gasteiger partial charge in [-0.1, -0.05) is 60.7 Å². The van der Waals surface area contributed by atoms with Gasteiger partial charge in [-0.2, -0.15) is 0 Å². The molecule has 42 heavy (non-hydrogen) atoms. The molecule has 3 fully saturated rings. The second-order valence-corrected chi connectivity index (χ2v) is 12.8. The molecule has 2 unspecified atom stereocenters. The summed E-state index contributed by atoms with van der Waals surface area (Å²) in [6.45, 7) is 8.12. The van der Waals surface area contributed by atoms with Gasteiger partial charge in [0, 0.05) is 36.3 Å². The Morgan fingerprint density at radius 1 is 0.929 bits per heavy atom. The molecule has 0 aliphatic carbocycles. The smallest absolute Gasteiger partial charge is 0.251 e. The number of hydrogen-bond acceptors (Lipinski definition) is 5. The number of aliphatic hydroxyl groups excluding tert-OH is 1. The van der Waals surface area contributed by atoms with Crippen molar-refractivity contribution in [2.75, 3.05) is 36.0 Å². The molecule has 3 aliphatic rings. The number of β-amino-alcohol motifs (C(OH)–C–C–N with tert-alkyl or cyclic N) is 1. The van der Waals surface area contributed by atoms with Gasteiger partial charge in [0.1, 0.15) is 6.04 Å². The van der Waals surface area contributed by atoms with Crippen molar-refractivity contribution in [2.45, 2.75) is 28.9 Å². The second-order valence-electron chi connectivity index (χ2n) is 11.2. The van der Waals surface area contributed by atoms with Crippen molar-refractivity contribution in [1.82, 2.24) is 4.90 Å². The number of hydrogen-bond donors (Lipinski definition) is 1. The molecule has 0 saturated carbocycles. The van der Waals surface area contributed by atoms with Crippen LogP contribution in [0, 0.1) is 11.8 Å². The SMILES string of the molecule is C=CCN(C(=O)C1N(CCO)C(=O)[C@@H]2[C@H](C(=O)N(CC=C)c3ccccc3)[C@@H]3CCC12S3)c1ccc2ccccc2c1. The summed E-state index contributed by atoms with van der Waals surface area (Å²) >= 11 is 1.63. The van der Waals surface area contributed by atoms with Crippen LogP contribution >= 0.6 is 11.8 Å². The van der Waals surface area contributed by atoms with Crippen LogP contribution in [0.4, 0.5) is 11.4 Å². The summed E-state index contributed by atoms with van der Waals surface area (Å²) in [6, 6.07) is 22.5. The summed E-state index contributed by atoms with van der Waals surface area (Å²) < 4.78 is -0.749. The maximum Gasteiger partial charge on any atom is 0.251 e. The highest BCUT2D eigenvalue weighted by atomic mass is 32.2. The van der Waals surface area contributed by atoms with E-state index >= 15 is 0 Å². The number of carbonyl (C=O) groups is 3. The van der Waals surface area contributed by atoms with Gasteiger partial charge in [-0.25, -0.2) is 0 Å². The standard InChI is InChI=1S/C34H35N3O4S/c1-3-18-35(25-12-6-5-7-13-25)31(39)28-27-16-17-34(42-27)29(28)32(40)37(20-21-38)30(34)33(41)36(19-4-2)26-15-14-23-10-8-9-11-24(23)22-26/h3-15,22,27-30,38H,1-2,16-21H2/t27-,28+,29-,30?,34?/m0/s1. The number of carbonyl (C=O) groups excluding carboxylic acids is 3. The van der Waals surface area contributed by atoms with Gasteiger partial charge in [-0.05, 0) is 47.9 Å². The van der Waals surface area contributed by atoms with E-state index in [-0.39, 0.29) is 42.7 Å². The summed E-state index contributed by atoms with van der Waals surface area (Å²) in [5.74, 6) is -1.76. The fourth-order valence-electron chi connectivity index (χ4n) is 7.25. The van der Waals surface area contributed by atoms with Gasteiger partial charge in [-0.15, -0.1) is 24.9 Å². The highest BCUT2D eigenvalue weighted by Gasteiger charge is 2.74. The molecule has 3 aliphatic heterocycles. The molecule has 6 rings (SSSR count). The van der Waals surface area contributed by atoms with E-state index in [1.54, 1.807) is 38.6 Å². The zero-order valence-electron chi connectivity index (χ0n) is 23.5. The van der Waals surface area contributed by atoms with E-state index in [0.717, 1.165) is 28.6 Å². The molecule has 1 spiro atoms. The lowest BCUT2D eigenvalue weighted by Gasteiger charge is -2.37. The summed E-state index contributed by atoms with van der Waals surface area (Å²) in [7, 11) is 0. The molecule has 1 N–H and O–H groups in total. The molecule has 7 nitrogen and oxygen atoms in total. The van der Waals surface area contributed by atoms with Crippen molar-refractivity contribution in [1.29, 1.82) is 0 Å². The number of thioether (sulfide) groups is 1. The van der Waals surface area contributed by atoms with Crippen LogP contribution in [0.5, 0.6) is 0 Å². The Morgan fingerprint density at radius 3 is 2.29 bits per heavy atom. The lowest BCUT2D eigenvalue weighted by Crippen LogP contribution is -2.55. The molecular formula is C34H35N3O4S. The number of aliphatic hydroxyl groups is 1. The lowest BCUT2D eigenvalue weighted by atomic mass is 9.70. The Labute approximate surface area is 250 Å². The normalized spacial score (nSPS) is 25.8. The van der Waals surface area contributed by atoms with Gasteiger partial charge in [-0.3, -0.25) is 14.4 Å². The number of benzene rings is 3. The average molecular weight is 582 g/mol. The number of anilines is 2. The highest BCUT2D eigenvalue weighted by molar-refractivity contribution is 8.02. The number of rotatable bonds is 10. The fraction of sp³-hybridized carbons (Fsp3) is 0.324. The van der Waals surface area contributed by atoms with Crippen LogP contribution in [0.1, 0.15) is 12.8 Å². The summed E-state index contributed by atoms with van der Waals surface area (Å²) in [6.07, 6.45) is 4.79. The Morgan fingerprint density at radius 2 is 1.60 bits per heavy atom. The minimum Gasteiger partial charge on any atom is -0.395 e. The first-order valence-corrected chi connectivity index (χ1v) is 15.3. The van der Waals surface area contributed by atoms with Crippen molar-refractivity contribution < 1.29 is 19.5 Å². The molecule has 216 valence electrons. The molecule has 8 heteroatoms. The second kappa shape index (κ2) is 11.4. The van der Waals surface area contributed by atoms with E-state index in [0.29, 0.717) is 13.0 Å². The van der Waals surface area contributed by atoms with Crippen LogP contribution in [0.2, 0.25) is 0 Å². The zero-order chi connectivity index (χ0) is 29.4. The van der Waals surface area contributed by atoms with Crippen molar-refractivity contribution in [3.8, 4) is 0 Å². The van der Waals surface area contributed by atoms with Crippen LogP contribution in [-0.4, -0.2) is 70.0 Å².